The average molecular weight is 290 g/mol. The van der Waals surface area contributed by atoms with Gasteiger partial charge in [-0.1, -0.05) is 45.7 Å². The number of hydrogen-bond acceptors (Lipinski definition) is 3. The van der Waals surface area contributed by atoms with Gasteiger partial charge in [0.05, 0.1) is 6.61 Å². The van der Waals surface area contributed by atoms with Gasteiger partial charge >= 0.3 is 0 Å². The molecule has 118 valence electrons. The Balaban J connectivity index is 2.13. The Labute approximate surface area is 129 Å². The number of benzene rings is 1. The summed E-state index contributed by atoms with van der Waals surface area (Å²) in [5.41, 5.74) is 4.67. The van der Waals surface area contributed by atoms with Gasteiger partial charge in [-0.2, -0.15) is 0 Å². The molecule has 0 aromatic heterocycles. The van der Waals surface area contributed by atoms with Gasteiger partial charge in [-0.05, 0) is 48.3 Å². The number of rotatable bonds is 6. The summed E-state index contributed by atoms with van der Waals surface area (Å²) in [5, 5.41) is 0. The molecule has 3 nitrogen and oxygen atoms in total. The first-order valence-electron chi connectivity index (χ1n) is 8.27. The molecule has 2 rings (SSSR count). The molecule has 0 amide bonds. The van der Waals surface area contributed by atoms with Crippen molar-refractivity contribution in [3.05, 3.63) is 29.8 Å². The maximum atomic E-state index is 5.89. The molecule has 0 heterocycles. The van der Waals surface area contributed by atoms with E-state index < -0.39 is 0 Å². The fourth-order valence-corrected chi connectivity index (χ4v) is 3.57. The van der Waals surface area contributed by atoms with Crippen LogP contribution in [0.3, 0.4) is 0 Å². The van der Waals surface area contributed by atoms with Crippen LogP contribution in [0.15, 0.2) is 24.3 Å². The lowest BCUT2D eigenvalue weighted by atomic mass is 9.65. The van der Waals surface area contributed by atoms with Gasteiger partial charge in [0.15, 0.2) is 0 Å². The van der Waals surface area contributed by atoms with Gasteiger partial charge in [0.25, 0.3) is 0 Å². The molecule has 0 saturated heterocycles. The highest BCUT2D eigenvalue weighted by Gasteiger charge is 2.37. The first-order chi connectivity index (χ1) is 10.1. The van der Waals surface area contributed by atoms with E-state index >= 15 is 0 Å². The molecule has 2 unspecified atom stereocenters. The molecule has 1 saturated carbocycles. The Hall–Kier alpha value is -1.06. The van der Waals surface area contributed by atoms with Crippen molar-refractivity contribution in [3.8, 4) is 5.75 Å². The van der Waals surface area contributed by atoms with E-state index in [1.54, 1.807) is 0 Å². The molecule has 3 N–H and O–H groups in total. The third-order valence-corrected chi connectivity index (χ3v) is 4.88. The Morgan fingerprint density at radius 1 is 1.29 bits per heavy atom. The summed E-state index contributed by atoms with van der Waals surface area (Å²) in [5.74, 6) is 7.42. The molecule has 0 bridgehead atoms. The Kier molecular flexibility index (Phi) is 5.65. The van der Waals surface area contributed by atoms with Gasteiger partial charge in [-0.3, -0.25) is 11.3 Å². The van der Waals surface area contributed by atoms with Crippen LogP contribution < -0.4 is 16.0 Å². The van der Waals surface area contributed by atoms with Crippen LogP contribution in [0.5, 0.6) is 5.75 Å². The predicted molar refractivity (Wildman–Crippen MR) is 88.0 cm³/mol. The second-order valence-electron chi connectivity index (χ2n) is 6.90. The van der Waals surface area contributed by atoms with Crippen LogP contribution in [-0.2, 0) is 0 Å². The summed E-state index contributed by atoms with van der Waals surface area (Å²) in [6.45, 7) is 7.64. The summed E-state index contributed by atoms with van der Waals surface area (Å²) in [4.78, 5) is 0. The molecule has 1 aromatic carbocycles. The van der Waals surface area contributed by atoms with E-state index in [4.69, 9.17) is 10.6 Å². The van der Waals surface area contributed by atoms with E-state index in [0.717, 1.165) is 18.8 Å². The van der Waals surface area contributed by atoms with Crippen molar-refractivity contribution >= 4 is 0 Å². The zero-order chi connectivity index (χ0) is 15.3. The van der Waals surface area contributed by atoms with Crippen LogP contribution in [0.2, 0.25) is 0 Å². The third kappa shape index (κ3) is 3.98. The quantitative estimate of drug-likeness (QED) is 0.610. The first-order valence-corrected chi connectivity index (χ1v) is 8.27. The van der Waals surface area contributed by atoms with Crippen molar-refractivity contribution in [1.29, 1.82) is 0 Å². The highest BCUT2D eigenvalue weighted by molar-refractivity contribution is 5.30. The van der Waals surface area contributed by atoms with E-state index in [0.29, 0.717) is 11.3 Å². The summed E-state index contributed by atoms with van der Waals surface area (Å²) < 4.78 is 5.66. The molecular formula is C18H30N2O. The largest absolute Gasteiger partial charge is 0.494 e. The molecule has 0 aliphatic heterocycles. The topological polar surface area (TPSA) is 47.3 Å². The van der Waals surface area contributed by atoms with Crippen molar-refractivity contribution < 1.29 is 4.74 Å². The van der Waals surface area contributed by atoms with Gasteiger partial charge in [-0.15, -0.1) is 0 Å². The smallest absolute Gasteiger partial charge is 0.119 e. The lowest BCUT2D eigenvalue weighted by Gasteiger charge is -2.43. The molecule has 3 heteroatoms. The SMILES string of the molecule is CCCOc1ccc(C(NN)C2CCCCC2(C)C)cc1. The highest BCUT2D eigenvalue weighted by Crippen LogP contribution is 2.46. The molecule has 1 aliphatic carbocycles. The van der Waals surface area contributed by atoms with Crippen molar-refractivity contribution in [2.45, 2.75) is 58.9 Å². The maximum absolute atomic E-state index is 5.89. The van der Waals surface area contributed by atoms with Crippen LogP contribution >= 0.6 is 0 Å². The lowest BCUT2D eigenvalue weighted by molar-refractivity contribution is 0.0982. The normalized spacial score (nSPS) is 22.8. The highest BCUT2D eigenvalue weighted by atomic mass is 16.5. The number of hydrazine groups is 1. The number of hydrogen-bond donors (Lipinski definition) is 2. The number of nitrogens with two attached hydrogens (primary N) is 1. The monoisotopic (exact) mass is 290 g/mol. The molecule has 1 aliphatic rings. The molecule has 0 radical (unpaired) electrons. The fraction of sp³-hybridized carbons (Fsp3) is 0.667. The standard InChI is InChI=1S/C18H30N2O/c1-4-13-21-15-10-8-14(9-11-15)17(20-19)16-7-5-6-12-18(16,2)3/h8-11,16-17,20H,4-7,12-13,19H2,1-3H3. The number of nitrogens with one attached hydrogen (secondary N) is 1. The third-order valence-electron chi connectivity index (χ3n) is 4.88. The van der Waals surface area contributed by atoms with Gasteiger partial charge in [-0.25, -0.2) is 0 Å². The van der Waals surface area contributed by atoms with Crippen LogP contribution in [-0.4, -0.2) is 6.61 Å². The Morgan fingerprint density at radius 2 is 2.00 bits per heavy atom. The zero-order valence-corrected chi connectivity index (χ0v) is 13.7. The fourth-order valence-electron chi connectivity index (χ4n) is 3.57. The predicted octanol–water partition coefficient (Wildman–Crippen LogP) is 4.20. The minimum atomic E-state index is 0.223. The summed E-state index contributed by atoms with van der Waals surface area (Å²) >= 11 is 0. The van der Waals surface area contributed by atoms with E-state index in [9.17, 15) is 0 Å². The van der Waals surface area contributed by atoms with Gasteiger partial charge in [0.1, 0.15) is 5.75 Å². The van der Waals surface area contributed by atoms with Crippen molar-refractivity contribution in [1.82, 2.24) is 5.43 Å². The molecule has 2 atom stereocenters. The molecule has 21 heavy (non-hydrogen) atoms. The van der Waals surface area contributed by atoms with Gasteiger partial charge in [0, 0.05) is 6.04 Å². The van der Waals surface area contributed by atoms with Crippen molar-refractivity contribution in [2.75, 3.05) is 6.61 Å². The van der Waals surface area contributed by atoms with Crippen LogP contribution in [0.25, 0.3) is 0 Å². The minimum Gasteiger partial charge on any atom is -0.494 e. The lowest BCUT2D eigenvalue weighted by Crippen LogP contribution is -2.41. The summed E-state index contributed by atoms with van der Waals surface area (Å²) in [6, 6.07) is 8.65. The van der Waals surface area contributed by atoms with Crippen LogP contribution in [0.1, 0.15) is 64.5 Å². The molecule has 0 spiro atoms. The molecular weight excluding hydrogens is 260 g/mol. The molecule has 1 fully saturated rings. The Morgan fingerprint density at radius 3 is 2.57 bits per heavy atom. The van der Waals surface area contributed by atoms with Crippen LogP contribution in [0, 0.1) is 11.3 Å². The van der Waals surface area contributed by atoms with Gasteiger partial charge < -0.3 is 4.74 Å². The van der Waals surface area contributed by atoms with Crippen molar-refractivity contribution in [3.63, 3.8) is 0 Å². The summed E-state index contributed by atoms with van der Waals surface area (Å²) in [6.07, 6.45) is 6.21. The number of ether oxygens (including phenoxy) is 1. The second kappa shape index (κ2) is 7.28. The second-order valence-corrected chi connectivity index (χ2v) is 6.90. The van der Waals surface area contributed by atoms with Crippen molar-refractivity contribution in [2.24, 2.45) is 17.2 Å². The van der Waals surface area contributed by atoms with E-state index in [1.807, 2.05) is 0 Å². The molecule has 1 aromatic rings. The minimum absolute atomic E-state index is 0.223. The Bertz CT molecular complexity index is 427. The maximum Gasteiger partial charge on any atom is 0.119 e. The zero-order valence-electron chi connectivity index (χ0n) is 13.7. The summed E-state index contributed by atoms with van der Waals surface area (Å²) in [7, 11) is 0. The van der Waals surface area contributed by atoms with Gasteiger partial charge in [0.2, 0.25) is 0 Å². The van der Waals surface area contributed by atoms with E-state index in [1.165, 1.54) is 31.2 Å². The average Bonchev–Trinajstić information content (AvgIpc) is 2.48. The first kappa shape index (κ1) is 16.3. The van der Waals surface area contributed by atoms with E-state index in [2.05, 4.69) is 50.5 Å². The van der Waals surface area contributed by atoms with E-state index in [-0.39, 0.29) is 6.04 Å². The van der Waals surface area contributed by atoms with Crippen LogP contribution in [0.4, 0.5) is 0 Å².